The molecule has 0 bridgehead atoms. The Morgan fingerprint density at radius 1 is 1.23 bits per heavy atom. The van der Waals surface area contributed by atoms with Crippen molar-refractivity contribution in [3.8, 4) is 0 Å². The molecule has 0 fully saturated rings. The molecule has 0 spiro atoms. The number of carbonyl (C=O) groups excluding carboxylic acids is 1. The average molecular weight is 498 g/mol. The summed E-state index contributed by atoms with van der Waals surface area (Å²) in [4.78, 5) is 18.5. The number of nitrogens with zero attached hydrogens (tertiary/aromatic N) is 2. The van der Waals surface area contributed by atoms with E-state index in [-0.39, 0.29) is 42.2 Å². The fraction of sp³-hybridized carbons (Fsp3) is 0.529. The maximum atomic E-state index is 12.8. The van der Waals surface area contributed by atoms with Crippen LogP contribution in [0.25, 0.3) is 0 Å². The van der Waals surface area contributed by atoms with E-state index in [1.807, 2.05) is 0 Å². The number of aliphatic imine (C=N–C) groups is 1. The minimum Gasteiger partial charge on any atom is -0.383 e. The monoisotopic (exact) mass is 498 g/mol. The molecule has 0 aromatic heterocycles. The maximum Gasteiger partial charge on any atom is 0.243 e. The summed E-state index contributed by atoms with van der Waals surface area (Å²) in [5.41, 5.74) is 0. The van der Waals surface area contributed by atoms with Crippen LogP contribution in [0.3, 0.4) is 0 Å². The summed E-state index contributed by atoms with van der Waals surface area (Å²) >= 11 is 1.68. The lowest BCUT2D eigenvalue weighted by molar-refractivity contribution is -0.127. The predicted octanol–water partition coefficient (Wildman–Crippen LogP) is 2.20. The van der Waals surface area contributed by atoms with Crippen LogP contribution >= 0.6 is 35.7 Å². The lowest BCUT2D eigenvalue weighted by Gasteiger charge is -2.13. The van der Waals surface area contributed by atoms with Gasteiger partial charge in [-0.1, -0.05) is 0 Å². The number of guanidine groups is 1. The van der Waals surface area contributed by atoms with E-state index in [1.165, 1.54) is 17.0 Å². The van der Waals surface area contributed by atoms with E-state index in [9.17, 15) is 9.18 Å². The van der Waals surface area contributed by atoms with Crippen LogP contribution in [0.5, 0.6) is 0 Å². The Kier molecular flexibility index (Phi) is 14.4. The molecule has 0 aliphatic rings. The molecule has 0 radical (unpaired) electrons. The molecule has 0 saturated heterocycles. The first-order valence-electron chi connectivity index (χ1n) is 8.12. The van der Waals surface area contributed by atoms with Gasteiger partial charge in [-0.15, -0.1) is 35.7 Å². The van der Waals surface area contributed by atoms with Crippen molar-refractivity contribution in [2.24, 2.45) is 4.99 Å². The van der Waals surface area contributed by atoms with Crippen LogP contribution in [0.15, 0.2) is 34.2 Å². The summed E-state index contributed by atoms with van der Waals surface area (Å²) in [7, 11) is 5.04. The van der Waals surface area contributed by atoms with Crippen LogP contribution in [0, 0.1) is 5.82 Å². The Bertz CT molecular complexity index is 544. The van der Waals surface area contributed by atoms with Crippen molar-refractivity contribution in [1.29, 1.82) is 0 Å². The van der Waals surface area contributed by atoms with Crippen molar-refractivity contribution >= 4 is 47.6 Å². The molecule has 0 atom stereocenters. The first kappa shape index (κ1) is 24.9. The summed E-state index contributed by atoms with van der Waals surface area (Å²) in [6.07, 6.45) is 0.911. The van der Waals surface area contributed by atoms with Gasteiger partial charge in [-0.2, -0.15) is 0 Å². The number of ether oxygens (including phenoxy) is 1. The van der Waals surface area contributed by atoms with Crippen molar-refractivity contribution < 1.29 is 13.9 Å². The van der Waals surface area contributed by atoms with E-state index >= 15 is 0 Å². The minimum absolute atomic E-state index is 0. The van der Waals surface area contributed by atoms with Crippen LogP contribution in [0.1, 0.15) is 6.42 Å². The zero-order chi connectivity index (χ0) is 18.5. The molecule has 1 aromatic carbocycles. The fourth-order valence-corrected chi connectivity index (χ4v) is 2.59. The van der Waals surface area contributed by atoms with Gasteiger partial charge < -0.3 is 20.3 Å². The molecule has 1 rings (SSSR count). The summed E-state index contributed by atoms with van der Waals surface area (Å²) in [5, 5.41) is 6.33. The second kappa shape index (κ2) is 15.0. The number of amides is 1. The first-order chi connectivity index (χ1) is 12.0. The van der Waals surface area contributed by atoms with Gasteiger partial charge in [-0.3, -0.25) is 4.79 Å². The Morgan fingerprint density at radius 2 is 1.88 bits per heavy atom. The number of rotatable bonds is 10. The highest BCUT2D eigenvalue weighted by Crippen LogP contribution is 2.18. The van der Waals surface area contributed by atoms with Crippen LogP contribution in [0.2, 0.25) is 0 Å². The largest absolute Gasteiger partial charge is 0.383 e. The van der Waals surface area contributed by atoms with Gasteiger partial charge in [0.05, 0.1) is 6.61 Å². The molecule has 148 valence electrons. The number of benzene rings is 1. The van der Waals surface area contributed by atoms with Crippen LogP contribution in [-0.2, 0) is 9.53 Å². The molecule has 9 heteroatoms. The number of carbonyl (C=O) groups is 1. The van der Waals surface area contributed by atoms with E-state index in [4.69, 9.17) is 4.74 Å². The molecular weight excluding hydrogens is 470 g/mol. The number of hydrogen-bond donors (Lipinski definition) is 2. The van der Waals surface area contributed by atoms with E-state index in [1.54, 1.807) is 45.1 Å². The second-order valence-electron chi connectivity index (χ2n) is 5.46. The minimum atomic E-state index is -0.221. The van der Waals surface area contributed by atoms with Crippen molar-refractivity contribution in [1.82, 2.24) is 15.5 Å². The van der Waals surface area contributed by atoms with Crippen molar-refractivity contribution in [2.75, 3.05) is 53.2 Å². The van der Waals surface area contributed by atoms with E-state index < -0.39 is 0 Å². The third kappa shape index (κ3) is 11.5. The molecule has 2 N–H and O–H groups in total. The van der Waals surface area contributed by atoms with Gasteiger partial charge in [-0.25, -0.2) is 9.38 Å². The third-order valence-corrected chi connectivity index (χ3v) is 4.26. The number of thioether (sulfide) groups is 1. The van der Waals surface area contributed by atoms with Crippen molar-refractivity contribution in [3.05, 3.63) is 30.1 Å². The van der Waals surface area contributed by atoms with Gasteiger partial charge in [-0.05, 0) is 36.4 Å². The van der Waals surface area contributed by atoms with Crippen LogP contribution in [0.4, 0.5) is 4.39 Å². The van der Waals surface area contributed by atoms with Gasteiger partial charge in [0, 0.05) is 39.2 Å². The Balaban J connectivity index is 0.00000625. The van der Waals surface area contributed by atoms with Gasteiger partial charge in [0.2, 0.25) is 5.91 Å². The molecule has 1 amide bonds. The van der Waals surface area contributed by atoms with E-state index in [0.29, 0.717) is 19.1 Å². The van der Waals surface area contributed by atoms with E-state index in [0.717, 1.165) is 23.6 Å². The Morgan fingerprint density at radius 3 is 2.50 bits per heavy atom. The number of halogens is 2. The second-order valence-corrected chi connectivity index (χ2v) is 6.62. The number of nitrogens with one attached hydrogen (secondary N) is 2. The zero-order valence-corrected chi connectivity index (χ0v) is 18.6. The highest BCUT2D eigenvalue weighted by Gasteiger charge is 2.04. The molecular formula is C17H28FIN4O2S. The SMILES string of the molecule is COCCNC(=NCC(=O)N(C)C)NCCCSc1ccc(F)cc1.I. The quantitative estimate of drug-likeness (QED) is 0.170. The normalized spacial score (nSPS) is 10.8. The summed E-state index contributed by atoms with van der Waals surface area (Å²) < 4.78 is 17.9. The van der Waals surface area contributed by atoms with Crippen molar-refractivity contribution in [2.45, 2.75) is 11.3 Å². The molecule has 26 heavy (non-hydrogen) atoms. The van der Waals surface area contributed by atoms with Gasteiger partial charge >= 0.3 is 0 Å². The smallest absolute Gasteiger partial charge is 0.243 e. The first-order valence-corrected chi connectivity index (χ1v) is 9.11. The van der Waals surface area contributed by atoms with Crippen LogP contribution < -0.4 is 10.6 Å². The fourth-order valence-electron chi connectivity index (χ4n) is 1.73. The molecule has 0 heterocycles. The third-order valence-electron chi connectivity index (χ3n) is 3.17. The van der Waals surface area contributed by atoms with Gasteiger partial charge in [0.25, 0.3) is 0 Å². The van der Waals surface area contributed by atoms with E-state index in [2.05, 4.69) is 15.6 Å². The lowest BCUT2D eigenvalue weighted by atomic mass is 10.4. The van der Waals surface area contributed by atoms with Crippen molar-refractivity contribution in [3.63, 3.8) is 0 Å². The number of hydrogen-bond acceptors (Lipinski definition) is 4. The van der Waals surface area contributed by atoms with Gasteiger partial charge in [0.15, 0.2) is 5.96 Å². The molecule has 6 nitrogen and oxygen atoms in total. The maximum absolute atomic E-state index is 12.8. The average Bonchev–Trinajstić information content (AvgIpc) is 2.60. The Hall–Kier alpha value is -1.07. The Labute approximate surface area is 176 Å². The van der Waals surface area contributed by atoms with Gasteiger partial charge in [0.1, 0.15) is 12.4 Å². The predicted molar refractivity (Wildman–Crippen MR) is 116 cm³/mol. The summed E-state index contributed by atoms with van der Waals surface area (Å²) in [5.74, 6) is 1.22. The summed E-state index contributed by atoms with van der Waals surface area (Å²) in [6.45, 7) is 1.99. The zero-order valence-electron chi connectivity index (χ0n) is 15.5. The number of likely N-dealkylation sites (N-methyl/N-ethyl adjacent to an activating group) is 1. The molecule has 0 saturated carbocycles. The summed E-state index contributed by atoms with van der Waals surface area (Å²) in [6, 6.07) is 6.48. The molecule has 0 aliphatic carbocycles. The van der Waals surface area contributed by atoms with Crippen LogP contribution in [-0.4, -0.2) is 70.0 Å². The topological polar surface area (TPSA) is 66.0 Å². The molecule has 0 aliphatic heterocycles. The molecule has 1 aromatic rings. The standard InChI is InChI=1S/C17H27FN4O2S.HI/c1-22(2)16(23)13-21-17(20-10-11-24-3)19-9-4-12-25-15-7-5-14(18)6-8-15;/h5-8H,4,9-13H2,1-3H3,(H2,19,20,21);1H. The molecule has 0 unspecified atom stereocenters. The lowest BCUT2D eigenvalue weighted by Crippen LogP contribution is -2.40. The highest BCUT2D eigenvalue weighted by molar-refractivity contribution is 14.0. The highest BCUT2D eigenvalue weighted by atomic mass is 127. The number of methoxy groups -OCH3 is 1.